The first kappa shape index (κ1) is 14.5. The van der Waals surface area contributed by atoms with Gasteiger partial charge in [-0.1, -0.05) is 6.07 Å². The van der Waals surface area contributed by atoms with Crippen molar-refractivity contribution < 1.29 is 14.3 Å². The molecule has 1 heterocycles. The number of ether oxygens (including phenoxy) is 1. The molecule has 0 saturated heterocycles. The second kappa shape index (κ2) is 7.71. The number of nitrogens with zero attached hydrogens (tertiary/aromatic N) is 1. The molecule has 98 valence electrons. The number of hydrogen-bond acceptors (Lipinski definition) is 5. The molecule has 0 aliphatic rings. The highest BCUT2D eigenvalue weighted by Crippen LogP contribution is 2.11. The lowest BCUT2D eigenvalue weighted by atomic mass is 10.3. The Kier molecular flexibility index (Phi) is 6.21. The largest absolute Gasteiger partial charge is 0.467 e. The van der Waals surface area contributed by atoms with Crippen LogP contribution in [0.4, 0.5) is 0 Å². The molecule has 1 N–H and O–H groups in total. The quantitative estimate of drug-likeness (QED) is 0.779. The van der Waals surface area contributed by atoms with Crippen molar-refractivity contribution in [2.45, 2.75) is 18.7 Å². The Morgan fingerprint density at radius 3 is 2.83 bits per heavy atom. The number of rotatable bonds is 6. The maximum absolute atomic E-state index is 11.4. The molecule has 1 rings (SSSR count). The molecular weight excluding hydrogens is 252 g/mol. The number of carbonyl (C=O) groups is 2. The number of esters is 1. The topological polar surface area (TPSA) is 68.3 Å². The molecule has 0 saturated carbocycles. The van der Waals surface area contributed by atoms with E-state index in [1.54, 1.807) is 6.20 Å². The van der Waals surface area contributed by atoms with E-state index in [2.05, 4.69) is 15.0 Å². The monoisotopic (exact) mass is 268 g/mol. The minimum atomic E-state index is -0.610. The van der Waals surface area contributed by atoms with Crippen LogP contribution in [0.5, 0.6) is 0 Å². The molecule has 6 heteroatoms. The lowest BCUT2D eigenvalue weighted by molar-refractivity contribution is -0.144. The minimum Gasteiger partial charge on any atom is -0.467 e. The zero-order valence-electron chi connectivity index (χ0n) is 10.4. The van der Waals surface area contributed by atoms with E-state index < -0.39 is 12.0 Å². The zero-order chi connectivity index (χ0) is 13.4. The number of methoxy groups -OCH3 is 1. The van der Waals surface area contributed by atoms with Gasteiger partial charge in [-0.3, -0.25) is 9.78 Å². The van der Waals surface area contributed by atoms with E-state index in [9.17, 15) is 9.59 Å². The summed E-state index contributed by atoms with van der Waals surface area (Å²) in [6, 6.07) is 5.07. The van der Waals surface area contributed by atoms with Crippen molar-refractivity contribution in [3.05, 3.63) is 30.1 Å². The van der Waals surface area contributed by atoms with Crippen LogP contribution < -0.4 is 5.32 Å². The third kappa shape index (κ3) is 5.18. The van der Waals surface area contributed by atoms with Crippen molar-refractivity contribution in [2.24, 2.45) is 0 Å². The molecule has 5 nitrogen and oxygen atoms in total. The van der Waals surface area contributed by atoms with Crippen molar-refractivity contribution in [3.63, 3.8) is 0 Å². The summed E-state index contributed by atoms with van der Waals surface area (Å²) in [5.74, 6) is 0.471. The zero-order valence-corrected chi connectivity index (χ0v) is 11.2. The molecule has 1 amide bonds. The van der Waals surface area contributed by atoms with Gasteiger partial charge in [0.25, 0.3) is 0 Å². The Morgan fingerprint density at radius 1 is 1.50 bits per heavy atom. The molecule has 18 heavy (non-hydrogen) atoms. The van der Waals surface area contributed by atoms with E-state index in [1.165, 1.54) is 25.8 Å². The highest BCUT2D eigenvalue weighted by atomic mass is 32.2. The molecule has 0 aromatic carbocycles. The molecular formula is C12H16N2O3S. The van der Waals surface area contributed by atoms with E-state index >= 15 is 0 Å². The summed E-state index contributed by atoms with van der Waals surface area (Å²) in [7, 11) is 1.31. The summed E-state index contributed by atoms with van der Waals surface area (Å²) < 4.78 is 4.63. The fourth-order valence-electron chi connectivity index (χ4n) is 1.32. The fraction of sp³-hybridized carbons (Fsp3) is 0.417. The summed E-state index contributed by atoms with van der Waals surface area (Å²) in [5.41, 5.74) is 0.939. The van der Waals surface area contributed by atoms with Crippen LogP contribution in [-0.2, 0) is 20.1 Å². The first-order chi connectivity index (χ1) is 8.63. The number of carbonyl (C=O) groups excluding carboxylic acids is 2. The number of hydrogen-bond donors (Lipinski definition) is 1. The van der Waals surface area contributed by atoms with Gasteiger partial charge in [0, 0.05) is 24.6 Å². The summed E-state index contributed by atoms with van der Waals surface area (Å²) >= 11 is 1.52. The van der Waals surface area contributed by atoms with E-state index in [4.69, 9.17) is 0 Å². The van der Waals surface area contributed by atoms with Gasteiger partial charge in [-0.15, -0.1) is 0 Å². The van der Waals surface area contributed by atoms with Crippen LogP contribution in [0.25, 0.3) is 0 Å². The highest BCUT2D eigenvalue weighted by Gasteiger charge is 2.19. The minimum absolute atomic E-state index is 0.246. The van der Waals surface area contributed by atoms with Gasteiger partial charge in [0.2, 0.25) is 5.91 Å². The van der Waals surface area contributed by atoms with Crippen LogP contribution in [-0.4, -0.2) is 35.8 Å². The maximum Gasteiger partial charge on any atom is 0.329 e. The average molecular weight is 268 g/mol. The van der Waals surface area contributed by atoms with Crippen LogP contribution in [0, 0.1) is 0 Å². The molecule has 1 aromatic heterocycles. The number of thioether (sulfide) groups is 1. The molecule has 0 radical (unpaired) electrons. The smallest absolute Gasteiger partial charge is 0.329 e. The number of amides is 1. The predicted octanol–water partition coefficient (Wildman–Crippen LogP) is 0.992. The van der Waals surface area contributed by atoms with Gasteiger partial charge in [0.1, 0.15) is 6.04 Å². The standard InChI is InChI=1S/C12H16N2O3S/c1-9(15)14-11(12(16)17-2)8-18-7-10-5-3-4-6-13-10/h3-6,11H,7-8H2,1-2H3,(H,14,15)/t11-/m0/s1. The van der Waals surface area contributed by atoms with Crippen LogP contribution in [0.1, 0.15) is 12.6 Å². The molecule has 0 aliphatic heterocycles. The Hall–Kier alpha value is -1.56. The number of aromatic nitrogens is 1. The van der Waals surface area contributed by atoms with Gasteiger partial charge in [0.15, 0.2) is 0 Å². The van der Waals surface area contributed by atoms with Crippen LogP contribution in [0.3, 0.4) is 0 Å². The van der Waals surface area contributed by atoms with Gasteiger partial charge in [-0.05, 0) is 12.1 Å². The summed E-state index contributed by atoms with van der Waals surface area (Å²) in [6.07, 6.45) is 1.72. The van der Waals surface area contributed by atoms with Crippen molar-refractivity contribution in [1.29, 1.82) is 0 Å². The maximum atomic E-state index is 11.4. The molecule has 1 atom stereocenters. The number of pyridine rings is 1. The molecule has 0 fully saturated rings. The van der Waals surface area contributed by atoms with Crippen LogP contribution in [0.15, 0.2) is 24.4 Å². The second-order valence-corrected chi connectivity index (χ2v) is 4.64. The van der Waals surface area contributed by atoms with Crippen molar-refractivity contribution >= 4 is 23.6 Å². The Labute approximate surface area is 110 Å². The molecule has 0 aliphatic carbocycles. The Morgan fingerprint density at radius 2 is 2.28 bits per heavy atom. The van der Waals surface area contributed by atoms with Crippen LogP contribution in [0.2, 0.25) is 0 Å². The predicted molar refractivity (Wildman–Crippen MR) is 70.0 cm³/mol. The molecule has 0 unspecified atom stereocenters. The SMILES string of the molecule is COC(=O)[C@H](CSCc1ccccn1)NC(C)=O. The van der Waals surface area contributed by atoms with Gasteiger partial charge < -0.3 is 10.1 Å². The van der Waals surface area contributed by atoms with E-state index in [-0.39, 0.29) is 5.91 Å². The number of nitrogens with one attached hydrogen (secondary N) is 1. The highest BCUT2D eigenvalue weighted by molar-refractivity contribution is 7.98. The lowest BCUT2D eigenvalue weighted by Gasteiger charge is -2.14. The normalized spacial score (nSPS) is 11.7. The average Bonchev–Trinajstić information content (AvgIpc) is 2.37. The third-order valence-electron chi connectivity index (χ3n) is 2.12. The van der Waals surface area contributed by atoms with Gasteiger partial charge in [0.05, 0.1) is 12.8 Å². The van der Waals surface area contributed by atoms with E-state index in [0.717, 1.165) is 5.69 Å². The van der Waals surface area contributed by atoms with Crippen molar-refractivity contribution in [3.8, 4) is 0 Å². The first-order valence-corrected chi connectivity index (χ1v) is 6.61. The lowest BCUT2D eigenvalue weighted by Crippen LogP contribution is -2.42. The van der Waals surface area contributed by atoms with Crippen molar-refractivity contribution in [2.75, 3.05) is 12.9 Å². The van der Waals surface area contributed by atoms with Gasteiger partial charge >= 0.3 is 5.97 Å². The molecule has 0 bridgehead atoms. The summed E-state index contributed by atoms with van der Waals surface area (Å²) in [6.45, 7) is 1.37. The fourth-order valence-corrected chi connectivity index (χ4v) is 2.27. The van der Waals surface area contributed by atoms with Crippen molar-refractivity contribution in [1.82, 2.24) is 10.3 Å². The summed E-state index contributed by atoms with van der Waals surface area (Å²) in [4.78, 5) is 26.6. The van der Waals surface area contributed by atoms with Crippen LogP contribution >= 0.6 is 11.8 Å². The Balaban J connectivity index is 2.42. The van der Waals surface area contributed by atoms with Gasteiger partial charge in [-0.25, -0.2) is 4.79 Å². The second-order valence-electron chi connectivity index (χ2n) is 3.61. The third-order valence-corrected chi connectivity index (χ3v) is 3.19. The first-order valence-electron chi connectivity index (χ1n) is 5.46. The van der Waals surface area contributed by atoms with E-state index in [0.29, 0.717) is 11.5 Å². The molecule has 0 spiro atoms. The van der Waals surface area contributed by atoms with E-state index in [1.807, 2.05) is 18.2 Å². The van der Waals surface area contributed by atoms with Gasteiger partial charge in [-0.2, -0.15) is 11.8 Å². The Bertz CT molecular complexity index is 398. The molecule has 1 aromatic rings. The summed E-state index contributed by atoms with van der Waals surface area (Å²) in [5, 5.41) is 2.56.